The Labute approximate surface area is 179 Å². The van der Waals surface area contributed by atoms with Crippen LogP contribution in [0.1, 0.15) is 0 Å². The zero-order chi connectivity index (χ0) is 21.9. The van der Waals surface area contributed by atoms with Gasteiger partial charge in [0.1, 0.15) is 11.4 Å². The number of para-hydroxylation sites is 2. The van der Waals surface area contributed by atoms with Gasteiger partial charge in [-0.1, -0.05) is 12.1 Å². The predicted molar refractivity (Wildman–Crippen MR) is 111 cm³/mol. The van der Waals surface area contributed by atoms with Crippen molar-refractivity contribution in [2.24, 2.45) is 0 Å². The van der Waals surface area contributed by atoms with Crippen molar-refractivity contribution in [2.75, 3.05) is 49.1 Å². The van der Waals surface area contributed by atoms with Gasteiger partial charge in [0.05, 0.1) is 17.7 Å². The second-order valence-electron chi connectivity index (χ2n) is 6.69. The van der Waals surface area contributed by atoms with Crippen LogP contribution < -0.4 is 18.2 Å². The summed E-state index contributed by atoms with van der Waals surface area (Å²) in [4.78, 5) is 4.10. The number of hydrogen-bond acceptors (Lipinski definition) is 6. The largest absolute Gasteiger partial charge is 0.495 e. The summed E-state index contributed by atoms with van der Waals surface area (Å²) in [6, 6.07) is 9.81. The third-order valence-electron chi connectivity index (χ3n) is 4.77. The van der Waals surface area contributed by atoms with Crippen molar-refractivity contribution < 1.29 is 26.7 Å². The molecule has 0 bridgehead atoms. The Bertz CT molecular complexity index is 985. The molecule has 1 fully saturated rings. The summed E-state index contributed by atoms with van der Waals surface area (Å²) in [7, 11) is -0.744. The van der Waals surface area contributed by atoms with Gasteiger partial charge in [0.15, 0.2) is 5.75 Å². The van der Waals surface area contributed by atoms with E-state index in [1.807, 2.05) is 11.9 Å². The van der Waals surface area contributed by atoms with E-state index < -0.39 is 16.6 Å². The molecule has 0 amide bonds. The molecule has 1 heterocycles. The van der Waals surface area contributed by atoms with E-state index in [2.05, 4.69) is 9.64 Å². The smallest absolute Gasteiger partial charge is 0.387 e. The van der Waals surface area contributed by atoms with Crippen LogP contribution in [0.5, 0.6) is 11.5 Å². The third-order valence-corrected chi connectivity index (χ3v) is 6.97. The molecule has 0 unspecified atom stereocenters. The normalized spacial score (nSPS) is 15.3. The average molecular weight is 462 g/mol. The van der Waals surface area contributed by atoms with Gasteiger partial charge in [0, 0.05) is 38.0 Å². The Balaban J connectivity index is 1.97. The Kier molecular flexibility index (Phi) is 6.89. The molecule has 30 heavy (non-hydrogen) atoms. The van der Waals surface area contributed by atoms with Crippen LogP contribution in [0.15, 0.2) is 47.4 Å². The number of halogens is 3. The molecule has 0 radical (unpaired) electrons. The fourth-order valence-electron chi connectivity index (χ4n) is 3.14. The highest BCUT2D eigenvalue weighted by atomic mass is 35.5. The summed E-state index contributed by atoms with van der Waals surface area (Å²) >= 11 is 6.12. The number of alkyl halides is 2. The number of hydrogen-bond donors (Lipinski definition) is 0. The average Bonchev–Trinajstić information content (AvgIpc) is 2.73. The molecule has 7 nitrogen and oxygen atoms in total. The fraction of sp³-hybridized carbons (Fsp3) is 0.368. The first kappa shape index (κ1) is 22.4. The lowest BCUT2D eigenvalue weighted by Crippen LogP contribution is -2.44. The lowest BCUT2D eigenvalue weighted by atomic mass is 10.2. The molecule has 0 aromatic heterocycles. The van der Waals surface area contributed by atoms with Crippen LogP contribution in [0.25, 0.3) is 0 Å². The highest BCUT2D eigenvalue weighted by molar-refractivity contribution is 7.94. The fourth-order valence-corrected chi connectivity index (χ4v) is 4.62. The third kappa shape index (κ3) is 4.71. The summed E-state index contributed by atoms with van der Waals surface area (Å²) in [5, 5.41) is 0. The first-order valence-electron chi connectivity index (χ1n) is 9.10. The minimum atomic E-state index is -4.27. The maximum absolute atomic E-state index is 13.1. The first-order chi connectivity index (χ1) is 14.2. The van der Waals surface area contributed by atoms with Crippen LogP contribution in [-0.4, -0.2) is 60.3 Å². The standard InChI is InChI=1S/C19H22ClF2N3O4S/c1-23-9-11-24(12-10-23)16-13-14(7-8-17(16)28-2)30(26,27)25(20)15-5-3-4-6-18(15)29-19(21)22/h3-8,13,19H,9-12H2,1-2H3. The molecule has 0 saturated carbocycles. The van der Waals surface area contributed by atoms with Gasteiger partial charge in [-0.3, -0.25) is 0 Å². The van der Waals surface area contributed by atoms with Crippen LogP contribution >= 0.6 is 11.8 Å². The van der Waals surface area contributed by atoms with E-state index in [0.717, 1.165) is 13.1 Å². The Morgan fingerprint density at radius 3 is 2.37 bits per heavy atom. The molecular weight excluding hydrogens is 440 g/mol. The van der Waals surface area contributed by atoms with Gasteiger partial charge in [-0.2, -0.15) is 21.0 Å². The molecule has 1 aliphatic rings. The van der Waals surface area contributed by atoms with Crippen LogP contribution in [0.2, 0.25) is 0 Å². The number of anilines is 2. The molecule has 0 aliphatic carbocycles. The molecule has 11 heteroatoms. The zero-order valence-electron chi connectivity index (χ0n) is 16.5. The Morgan fingerprint density at radius 1 is 1.07 bits per heavy atom. The molecule has 0 atom stereocenters. The molecule has 164 valence electrons. The predicted octanol–water partition coefficient (Wildman–Crippen LogP) is 3.40. The number of rotatable bonds is 7. The Hall–Kier alpha value is -2.30. The van der Waals surface area contributed by atoms with Gasteiger partial charge in [0.2, 0.25) is 0 Å². The van der Waals surface area contributed by atoms with Crippen LogP contribution in [0, 0.1) is 0 Å². The lowest BCUT2D eigenvalue weighted by molar-refractivity contribution is -0.0493. The van der Waals surface area contributed by atoms with E-state index in [-0.39, 0.29) is 16.3 Å². The van der Waals surface area contributed by atoms with E-state index in [0.29, 0.717) is 28.4 Å². The van der Waals surface area contributed by atoms with Gasteiger partial charge in [-0.05, 0) is 37.4 Å². The van der Waals surface area contributed by atoms with E-state index in [9.17, 15) is 17.2 Å². The van der Waals surface area contributed by atoms with Crippen molar-refractivity contribution >= 4 is 33.2 Å². The summed E-state index contributed by atoms with van der Waals surface area (Å²) in [5.41, 5.74) is 0.408. The van der Waals surface area contributed by atoms with E-state index in [4.69, 9.17) is 16.5 Å². The maximum atomic E-state index is 13.1. The summed E-state index contributed by atoms with van der Waals surface area (Å²) < 4.78 is 61.9. The molecule has 0 N–H and O–H groups in total. The van der Waals surface area contributed by atoms with Gasteiger partial charge >= 0.3 is 6.61 Å². The highest BCUT2D eigenvalue weighted by Crippen LogP contribution is 2.37. The molecule has 2 aromatic rings. The Morgan fingerprint density at radius 2 is 1.73 bits per heavy atom. The molecule has 1 saturated heterocycles. The number of benzene rings is 2. The monoisotopic (exact) mass is 461 g/mol. The van der Waals surface area contributed by atoms with Crippen molar-refractivity contribution in [2.45, 2.75) is 11.5 Å². The van der Waals surface area contributed by atoms with Crippen LogP contribution in [0.4, 0.5) is 20.2 Å². The minimum absolute atomic E-state index is 0.0981. The number of methoxy groups -OCH3 is 1. The summed E-state index contributed by atoms with van der Waals surface area (Å²) in [6.07, 6.45) is 0. The van der Waals surface area contributed by atoms with Crippen LogP contribution in [0.3, 0.4) is 0 Å². The van der Waals surface area contributed by atoms with E-state index >= 15 is 0 Å². The summed E-state index contributed by atoms with van der Waals surface area (Å²) in [6.45, 7) is -0.0816. The van der Waals surface area contributed by atoms with Gasteiger partial charge in [-0.15, -0.1) is 0 Å². The molecule has 3 rings (SSSR count). The summed E-state index contributed by atoms with van der Waals surface area (Å²) in [5.74, 6) is 0.180. The van der Waals surface area contributed by atoms with E-state index in [1.54, 1.807) is 6.07 Å². The van der Waals surface area contributed by atoms with Crippen molar-refractivity contribution in [3.8, 4) is 11.5 Å². The molecule has 0 spiro atoms. The number of sulfonamides is 1. The quantitative estimate of drug-likeness (QED) is 0.589. The van der Waals surface area contributed by atoms with E-state index in [1.165, 1.54) is 43.5 Å². The lowest BCUT2D eigenvalue weighted by Gasteiger charge is -2.35. The topological polar surface area (TPSA) is 62.3 Å². The minimum Gasteiger partial charge on any atom is -0.495 e. The SMILES string of the molecule is COc1ccc(S(=O)(=O)N(Cl)c2ccccc2OC(F)F)cc1N1CCN(C)CC1. The van der Waals surface area contributed by atoms with Crippen molar-refractivity contribution in [1.29, 1.82) is 0 Å². The highest BCUT2D eigenvalue weighted by Gasteiger charge is 2.29. The second-order valence-corrected chi connectivity index (χ2v) is 9.02. The number of ether oxygens (including phenoxy) is 2. The molecular formula is C19H22ClF2N3O4S. The van der Waals surface area contributed by atoms with Crippen LogP contribution in [-0.2, 0) is 10.0 Å². The van der Waals surface area contributed by atoms with Crippen molar-refractivity contribution in [1.82, 2.24) is 4.90 Å². The van der Waals surface area contributed by atoms with Crippen molar-refractivity contribution in [3.63, 3.8) is 0 Å². The number of likely N-dealkylation sites (N-methyl/N-ethyl adjacent to an activating group) is 1. The first-order valence-corrected chi connectivity index (χ1v) is 10.9. The van der Waals surface area contributed by atoms with Gasteiger partial charge in [0.25, 0.3) is 10.0 Å². The maximum Gasteiger partial charge on any atom is 0.387 e. The molecule has 1 aliphatic heterocycles. The van der Waals surface area contributed by atoms with Crippen molar-refractivity contribution in [3.05, 3.63) is 42.5 Å². The van der Waals surface area contributed by atoms with Gasteiger partial charge in [-0.25, -0.2) is 0 Å². The number of nitrogens with zero attached hydrogens (tertiary/aromatic N) is 3. The number of piperazine rings is 1. The molecule has 2 aromatic carbocycles. The zero-order valence-corrected chi connectivity index (χ0v) is 18.0. The van der Waals surface area contributed by atoms with Gasteiger partial charge < -0.3 is 19.3 Å². The second kappa shape index (κ2) is 9.23.